The minimum atomic E-state index is -0.391. The molecule has 4 rings (SSSR count). The molecular formula is C27H26N2O3. The quantitative estimate of drug-likeness (QED) is 0.561. The van der Waals surface area contributed by atoms with Gasteiger partial charge in [0, 0.05) is 0 Å². The van der Waals surface area contributed by atoms with Crippen molar-refractivity contribution >= 4 is 28.8 Å². The lowest BCUT2D eigenvalue weighted by molar-refractivity contribution is -0.120. The van der Waals surface area contributed by atoms with Crippen molar-refractivity contribution in [3.8, 4) is 5.75 Å². The molecule has 3 aromatic carbocycles. The summed E-state index contributed by atoms with van der Waals surface area (Å²) in [4.78, 5) is 28.5. The SMILES string of the molecule is COc1ccc(C)cc1NC1=C(c2ccc(C)c(C)c2)C(=O)N(c2cccc(C)c2)C1=O. The van der Waals surface area contributed by atoms with E-state index in [-0.39, 0.29) is 11.6 Å². The molecule has 0 fully saturated rings. The predicted octanol–water partition coefficient (Wildman–Crippen LogP) is 5.33. The van der Waals surface area contributed by atoms with Crippen molar-refractivity contribution in [2.75, 3.05) is 17.3 Å². The molecule has 1 heterocycles. The number of hydrogen-bond acceptors (Lipinski definition) is 4. The molecule has 0 aliphatic carbocycles. The third-order valence-electron chi connectivity index (χ3n) is 5.75. The Labute approximate surface area is 188 Å². The maximum Gasteiger partial charge on any atom is 0.282 e. The van der Waals surface area contributed by atoms with E-state index in [4.69, 9.17) is 4.74 Å². The first-order valence-corrected chi connectivity index (χ1v) is 10.5. The molecule has 5 nitrogen and oxygen atoms in total. The molecule has 0 saturated heterocycles. The van der Waals surface area contributed by atoms with E-state index in [1.807, 2.05) is 82.3 Å². The Bertz CT molecular complexity index is 1270. The highest BCUT2D eigenvalue weighted by atomic mass is 16.5. The van der Waals surface area contributed by atoms with Crippen molar-refractivity contribution in [3.05, 3.63) is 94.2 Å². The molecular weight excluding hydrogens is 400 g/mol. The summed E-state index contributed by atoms with van der Waals surface area (Å²) >= 11 is 0. The molecule has 3 aromatic rings. The van der Waals surface area contributed by atoms with Crippen LogP contribution < -0.4 is 15.0 Å². The van der Waals surface area contributed by atoms with Crippen molar-refractivity contribution in [3.63, 3.8) is 0 Å². The van der Waals surface area contributed by atoms with Crippen LogP contribution in [0.15, 0.2) is 66.4 Å². The fourth-order valence-electron chi connectivity index (χ4n) is 3.87. The number of hydrogen-bond donors (Lipinski definition) is 1. The summed E-state index contributed by atoms with van der Waals surface area (Å²) in [5, 5.41) is 3.22. The number of carbonyl (C=O) groups excluding carboxylic acids is 2. The molecule has 162 valence electrons. The van der Waals surface area contributed by atoms with E-state index in [2.05, 4.69) is 5.32 Å². The van der Waals surface area contributed by atoms with Gasteiger partial charge in [0.1, 0.15) is 11.4 Å². The number of methoxy groups -OCH3 is 1. The average molecular weight is 427 g/mol. The van der Waals surface area contributed by atoms with Crippen LogP contribution >= 0.6 is 0 Å². The van der Waals surface area contributed by atoms with Crippen LogP contribution in [0, 0.1) is 27.7 Å². The van der Waals surface area contributed by atoms with Crippen LogP contribution in [-0.2, 0) is 9.59 Å². The second-order valence-electron chi connectivity index (χ2n) is 8.16. The van der Waals surface area contributed by atoms with E-state index in [0.29, 0.717) is 28.3 Å². The normalized spacial score (nSPS) is 13.7. The van der Waals surface area contributed by atoms with Gasteiger partial charge in [-0.2, -0.15) is 0 Å². The number of carbonyl (C=O) groups is 2. The first-order valence-electron chi connectivity index (χ1n) is 10.5. The maximum atomic E-state index is 13.6. The Morgan fingerprint density at radius 1 is 0.781 bits per heavy atom. The molecule has 0 atom stereocenters. The second kappa shape index (κ2) is 8.35. The first kappa shape index (κ1) is 21.4. The highest BCUT2D eigenvalue weighted by Gasteiger charge is 2.40. The van der Waals surface area contributed by atoms with Crippen LogP contribution in [0.3, 0.4) is 0 Å². The number of nitrogens with one attached hydrogen (secondary N) is 1. The zero-order valence-electron chi connectivity index (χ0n) is 18.9. The maximum absolute atomic E-state index is 13.6. The van der Waals surface area contributed by atoms with Crippen LogP contribution in [-0.4, -0.2) is 18.9 Å². The fraction of sp³-hybridized carbons (Fsp3) is 0.185. The largest absolute Gasteiger partial charge is 0.495 e. The number of rotatable bonds is 5. The van der Waals surface area contributed by atoms with Crippen LogP contribution in [0.2, 0.25) is 0 Å². The van der Waals surface area contributed by atoms with Crippen molar-refractivity contribution < 1.29 is 14.3 Å². The molecule has 0 saturated carbocycles. The number of aryl methyl sites for hydroxylation is 4. The van der Waals surface area contributed by atoms with Gasteiger partial charge in [-0.1, -0.05) is 36.4 Å². The van der Waals surface area contributed by atoms with Gasteiger partial charge in [0.05, 0.1) is 24.1 Å². The van der Waals surface area contributed by atoms with Crippen molar-refractivity contribution in [1.82, 2.24) is 0 Å². The van der Waals surface area contributed by atoms with Gasteiger partial charge in [0.2, 0.25) is 0 Å². The summed E-state index contributed by atoms with van der Waals surface area (Å²) in [6.45, 7) is 7.91. The lowest BCUT2D eigenvalue weighted by atomic mass is 9.99. The van der Waals surface area contributed by atoms with Gasteiger partial charge in [-0.15, -0.1) is 0 Å². The van der Waals surface area contributed by atoms with E-state index < -0.39 is 5.91 Å². The number of nitrogens with zero attached hydrogens (tertiary/aromatic N) is 1. The number of anilines is 2. The lowest BCUT2D eigenvalue weighted by Gasteiger charge is -2.16. The minimum Gasteiger partial charge on any atom is -0.495 e. The van der Waals surface area contributed by atoms with Crippen molar-refractivity contribution in [2.24, 2.45) is 0 Å². The summed E-state index contributed by atoms with van der Waals surface area (Å²) in [5.74, 6) is -0.146. The average Bonchev–Trinajstić information content (AvgIpc) is 3.00. The van der Waals surface area contributed by atoms with Gasteiger partial charge in [0.15, 0.2) is 0 Å². The van der Waals surface area contributed by atoms with Crippen LogP contribution in [0.5, 0.6) is 5.75 Å². The predicted molar refractivity (Wildman–Crippen MR) is 128 cm³/mol. The van der Waals surface area contributed by atoms with Gasteiger partial charge in [-0.3, -0.25) is 9.59 Å². The van der Waals surface area contributed by atoms with Gasteiger partial charge in [0.25, 0.3) is 11.8 Å². The van der Waals surface area contributed by atoms with E-state index in [9.17, 15) is 9.59 Å². The van der Waals surface area contributed by atoms with Gasteiger partial charge < -0.3 is 10.1 Å². The number of benzene rings is 3. The van der Waals surface area contributed by atoms with E-state index in [1.165, 1.54) is 4.90 Å². The van der Waals surface area contributed by atoms with Gasteiger partial charge >= 0.3 is 0 Å². The standard InChI is InChI=1S/C27H26N2O3/c1-16-7-6-8-21(13-16)29-26(30)24(20-11-10-18(3)19(4)15-20)25(27(29)31)28-22-14-17(2)9-12-23(22)32-5/h6-15,28H,1-5H3. The molecule has 0 unspecified atom stereocenters. The third-order valence-corrected chi connectivity index (χ3v) is 5.75. The molecule has 0 radical (unpaired) electrons. The molecule has 0 aromatic heterocycles. The Balaban J connectivity index is 1.88. The molecule has 32 heavy (non-hydrogen) atoms. The van der Waals surface area contributed by atoms with Crippen molar-refractivity contribution in [2.45, 2.75) is 27.7 Å². The van der Waals surface area contributed by atoms with Crippen molar-refractivity contribution in [1.29, 1.82) is 0 Å². The molecule has 1 aliphatic rings. The Morgan fingerprint density at radius 2 is 1.53 bits per heavy atom. The van der Waals surface area contributed by atoms with Crippen LogP contribution in [0.4, 0.5) is 11.4 Å². The second-order valence-corrected chi connectivity index (χ2v) is 8.16. The Kier molecular flexibility index (Phi) is 5.57. The molecule has 1 aliphatic heterocycles. The fourth-order valence-corrected chi connectivity index (χ4v) is 3.87. The summed E-state index contributed by atoms with van der Waals surface area (Å²) in [6.07, 6.45) is 0. The van der Waals surface area contributed by atoms with E-state index >= 15 is 0 Å². The number of amides is 2. The zero-order chi connectivity index (χ0) is 23.0. The molecule has 1 N–H and O–H groups in total. The Morgan fingerprint density at radius 3 is 2.22 bits per heavy atom. The van der Waals surface area contributed by atoms with E-state index in [1.54, 1.807) is 13.2 Å². The number of imide groups is 1. The highest BCUT2D eigenvalue weighted by Crippen LogP contribution is 2.36. The molecule has 0 bridgehead atoms. The summed E-state index contributed by atoms with van der Waals surface area (Å²) in [6, 6.07) is 18.9. The van der Waals surface area contributed by atoms with Gasteiger partial charge in [-0.25, -0.2) is 4.90 Å². The summed E-state index contributed by atoms with van der Waals surface area (Å²) in [7, 11) is 1.58. The monoisotopic (exact) mass is 426 g/mol. The summed E-state index contributed by atoms with van der Waals surface area (Å²) < 4.78 is 5.48. The molecule has 5 heteroatoms. The van der Waals surface area contributed by atoms with Crippen LogP contribution in [0.25, 0.3) is 5.57 Å². The first-order chi connectivity index (χ1) is 15.3. The number of ether oxygens (including phenoxy) is 1. The van der Waals surface area contributed by atoms with Crippen LogP contribution in [0.1, 0.15) is 27.8 Å². The van der Waals surface area contributed by atoms with Gasteiger partial charge in [-0.05, 0) is 79.8 Å². The van der Waals surface area contributed by atoms with E-state index in [0.717, 1.165) is 22.3 Å². The molecule has 2 amide bonds. The summed E-state index contributed by atoms with van der Waals surface area (Å²) in [5.41, 5.74) is 6.63. The smallest absolute Gasteiger partial charge is 0.282 e. The zero-order valence-corrected chi connectivity index (χ0v) is 18.9. The lowest BCUT2D eigenvalue weighted by Crippen LogP contribution is -2.32. The minimum absolute atomic E-state index is 0.239. The topological polar surface area (TPSA) is 58.6 Å². The molecule has 0 spiro atoms. The third kappa shape index (κ3) is 3.78. The Hall–Kier alpha value is -3.86. The highest BCUT2D eigenvalue weighted by molar-refractivity contribution is 6.46.